The fourth-order valence-electron chi connectivity index (χ4n) is 0.660. The predicted molar refractivity (Wildman–Crippen MR) is 41.3 cm³/mol. The molecule has 4 nitrogen and oxygen atoms in total. The highest BCUT2D eigenvalue weighted by Gasteiger charge is 1.98. The molecule has 0 saturated carbocycles. The van der Waals surface area contributed by atoms with Crippen molar-refractivity contribution in [2.45, 2.75) is 25.9 Å². The first-order valence-electron chi connectivity index (χ1n) is 3.66. The summed E-state index contributed by atoms with van der Waals surface area (Å²) >= 11 is 0. The minimum Gasteiger partial charge on any atom is -0.453 e. The van der Waals surface area contributed by atoms with Crippen LogP contribution >= 0.6 is 0 Å². The van der Waals surface area contributed by atoms with Gasteiger partial charge >= 0.3 is 6.09 Å². The van der Waals surface area contributed by atoms with Crippen LogP contribution in [0, 0.1) is 0 Å². The van der Waals surface area contributed by atoms with Gasteiger partial charge in [0, 0.05) is 6.54 Å². The van der Waals surface area contributed by atoms with Gasteiger partial charge < -0.3 is 15.2 Å². The van der Waals surface area contributed by atoms with Gasteiger partial charge in [0.1, 0.15) is 0 Å². The second kappa shape index (κ2) is 5.97. The molecule has 1 amide bonds. The van der Waals surface area contributed by atoms with E-state index in [4.69, 9.17) is 5.11 Å². The van der Waals surface area contributed by atoms with E-state index < -0.39 is 6.09 Å². The van der Waals surface area contributed by atoms with Crippen molar-refractivity contribution in [3.05, 3.63) is 0 Å². The first-order valence-corrected chi connectivity index (χ1v) is 3.66. The number of alkyl carbamates (subject to hydrolysis) is 1. The SMILES string of the molecule is COC(=O)NCCCC(C)O. The number of rotatable bonds is 4. The number of nitrogens with one attached hydrogen (secondary N) is 1. The van der Waals surface area contributed by atoms with Gasteiger partial charge in [-0.25, -0.2) is 4.79 Å². The van der Waals surface area contributed by atoms with Crippen molar-refractivity contribution in [3.63, 3.8) is 0 Å². The van der Waals surface area contributed by atoms with Crippen LogP contribution in [0.4, 0.5) is 4.79 Å². The first kappa shape index (κ1) is 10.2. The molecule has 0 rings (SSSR count). The highest BCUT2D eigenvalue weighted by molar-refractivity contribution is 5.66. The molecule has 4 heteroatoms. The van der Waals surface area contributed by atoms with E-state index in [1.165, 1.54) is 7.11 Å². The number of aliphatic hydroxyl groups is 1. The third kappa shape index (κ3) is 7.12. The van der Waals surface area contributed by atoms with Gasteiger partial charge in [0.15, 0.2) is 0 Å². The molecule has 0 aromatic heterocycles. The number of amides is 1. The zero-order valence-corrected chi connectivity index (χ0v) is 6.96. The van der Waals surface area contributed by atoms with Crippen molar-refractivity contribution in [1.29, 1.82) is 0 Å². The van der Waals surface area contributed by atoms with Crippen LogP contribution in [0.3, 0.4) is 0 Å². The zero-order chi connectivity index (χ0) is 8.69. The highest BCUT2D eigenvalue weighted by Crippen LogP contribution is 1.93. The van der Waals surface area contributed by atoms with Crippen LogP contribution in [-0.4, -0.2) is 31.0 Å². The molecule has 0 saturated heterocycles. The molecule has 0 heterocycles. The Morgan fingerprint density at radius 1 is 1.73 bits per heavy atom. The Morgan fingerprint density at radius 2 is 2.36 bits per heavy atom. The first-order chi connectivity index (χ1) is 5.16. The fourth-order valence-corrected chi connectivity index (χ4v) is 0.660. The average Bonchev–Trinajstić information content (AvgIpc) is 1.97. The van der Waals surface area contributed by atoms with E-state index in [0.717, 1.165) is 6.42 Å². The molecule has 1 unspecified atom stereocenters. The molecule has 0 aromatic carbocycles. The van der Waals surface area contributed by atoms with Gasteiger partial charge in [0.25, 0.3) is 0 Å². The Hall–Kier alpha value is -0.770. The monoisotopic (exact) mass is 161 g/mol. The quantitative estimate of drug-likeness (QED) is 0.590. The largest absolute Gasteiger partial charge is 0.453 e. The number of hydrogen-bond donors (Lipinski definition) is 2. The number of ether oxygens (including phenoxy) is 1. The van der Waals surface area contributed by atoms with Crippen molar-refractivity contribution in [1.82, 2.24) is 5.32 Å². The van der Waals surface area contributed by atoms with E-state index in [1.54, 1.807) is 6.92 Å². The molecule has 0 aromatic rings. The Balaban J connectivity index is 3.08. The maximum atomic E-state index is 10.5. The normalized spacial score (nSPS) is 12.3. The Bertz CT molecular complexity index is 114. The molecule has 1 atom stereocenters. The van der Waals surface area contributed by atoms with Crippen molar-refractivity contribution >= 4 is 6.09 Å². The van der Waals surface area contributed by atoms with Crippen LogP contribution in [0.5, 0.6) is 0 Å². The minimum atomic E-state index is -0.421. The minimum absolute atomic E-state index is 0.297. The molecular weight excluding hydrogens is 146 g/mol. The fraction of sp³-hybridized carbons (Fsp3) is 0.857. The molecule has 0 spiro atoms. The Morgan fingerprint density at radius 3 is 2.82 bits per heavy atom. The van der Waals surface area contributed by atoms with E-state index in [1.807, 2.05) is 0 Å². The summed E-state index contributed by atoms with van der Waals surface area (Å²) in [7, 11) is 1.32. The van der Waals surface area contributed by atoms with Crippen molar-refractivity contribution < 1.29 is 14.6 Å². The third-order valence-corrected chi connectivity index (χ3v) is 1.25. The van der Waals surface area contributed by atoms with Crippen LogP contribution in [0.15, 0.2) is 0 Å². The summed E-state index contributed by atoms with van der Waals surface area (Å²) in [6.45, 7) is 2.27. The molecule has 0 radical (unpaired) electrons. The average molecular weight is 161 g/mol. The lowest BCUT2D eigenvalue weighted by molar-refractivity contribution is 0.165. The van der Waals surface area contributed by atoms with Gasteiger partial charge in [0.05, 0.1) is 13.2 Å². The lowest BCUT2D eigenvalue weighted by atomic mass is 10.2. The van der Waals surface area contributed by atoms with Gasteiger partial charge in [-0.1, -0.05) is 0 Å². The van der Waals surface area contributed by atoms with Crippen LogP contribution in [0.25, 0.3) is 0 Å². The van der Waals surface area contributed by atoms with Crippen molar-refractivity contribution in [2.75, 3.05) is 13.7 Å². The molecule has 11 heavy (non-hydrogen) atoms. The van der Waals surface area contributed by atoms with Gasteiger partial charge in [-0.15, -0.1) is 0 Å². The van der Waals surface area contributed by atoms with E-state index in [0.29, 0.717) is 13.0 Å². The number of methoxy groups -OCH3 is 1. The summed E-state index contributed by atoms with van der Waals surface area (Å²) in [6, 6.07) is 0. The maximum Gasteiger partial charge on any atom is 0.406 e. The molecular formula is C7H15NO3. The predicted octanol–water partition coefficient (Wildman–Crippen LogP) is 0.503. The smallest absolute Gasteiger partial charge is 0.406 e. The van der Waals surface area contributed by atoms with E-state index >= 15 is 0 Å². The summed E-state index contributed by atoms with van der Waals surface area (Å²) in [5, 5.41) is 11.3. The van der Waals surface area contributed by atoms with Crippen LogP contribution < -0.4 is 5.32 Å². The highest BCUT2D eigenvalue weighted by atomic mass is 16.5. The summed E-state index contributed by atoms with van der Waals surface area (Å²) in [4.78, 5) is 10.5. The van der Waals surface area contributed by atoms with Crippen LogP contribution in [0.2, 0.25) is 0 Å². The number of hydrogen-bond acceptors (Lipinski definition) is 3. The molecule has 0 aliphatic heterocycles. The van der Waals surface area contributed by atoms with Gasteiger partial charge in [-0.2, -0.15) is 0 Å². The number of aliphatic hydroxyl groups excluding tert-OH is 1. The Labute approximate surface area is 66.5 Å². The summed E-state index contributed by atoms with van der Waals surface area (Å²) in [5.41, 5.74) is 0. The molecule has 0 bridgehead atoms. The number of carbonyl (C=O) groups is 1. The van der Waals surface area contributed by atoms with E-state index in [9.17, 15) is 4.79 Å². The molecule has 0 fully saturated rings. The lowest BCUT2D eigenvalue weighted by Crippen LogP contribution is -2.24. The number of carbonyl (C=O) groups excluding carboxylic acids is 1. The second-order valence-corrected chi connectivity index (χ2v) is 2.41. The maximum absolute atomic E-state index is 10.5. The van der Waals surface area contributed by atoms with Crippen molar-refractivity contribution in [2.24, 2.45) is 0 Å². The van der Waals surface area contributed by atoms with Gasteiger partial charge in [-0.05, 0) is 19.8 Å². The van der Waals surface area contributed by atoms with E-state index in [-0.39, 0.29) is 6.10 Å². The van der Waals surface area contributed by atoms with Crippen molar-refractivity contribution in [3.8, 4) is 0 Å². The zero-order valence-electron chi connectivity index (χ0n) is 6.96. The second-order valence-electron chi connectivity index (χ2n) is 2.41. The molecule has 0 aliphatic carbocycles. The summed E-state index contributed by atoms with van der Waals surface area (Å²) in [6.07, 6.45) is 0.751. The van der Waals surface area contributed by atoms with Gasteiger partial charge in [-0.3, -0.25) is 0 Å². The van der Waals surface area contributed by atoms with Crippen LogP contribution in [0.1, 0.15) is 19.8 Å². The van der Waals surface area contributed by atoms with E-state index in [2.05, 4.69) is 10.1 Å². The van der Waals surface area contributed by atoms with Crippen LogP contribution in [-0.2, 0) is 4.74 Å². The summed E-state index contributed by atoms with van der Waals surface area (Å²) in [5.74, 6) is 0. The summed E-state index contributed by atoms with van der Waals surface area (Å²) < 4.78 is 4.34. The molecule has 66 valence electrons. The topological polar surface area (TPSA) is 58.6 Å². The standard InChI is InChI=1S/C7H15NO3/c1-6(9)4-3-5-8-7(10)11-2/h6,9H,3-5H2,1-2H3,(H,8,10). The third-order valence-electron chi connectivity index (χ3n) is 1.25. The van der Waals surface area contributed by atoms with Gasteiger partial charge in [0.2, 0.25) is 0 Å². The molecule has 0 aliphatic rings. The lowest BCUT2D eigenvalue weighted by Gasteiger charge is -2.04. The molecule has 2 N–H and O–H groups in total. The Kier molecular flexibility index (Phi) is 5.56.